The molecule has 5 fully saturated rings. The average Bonchev–Trinajstić information content (AvgIpc) is 3.61. The minimum absolute atomic E-state index is 0.0362. The number of anilines is 2. The minimum atomic E-state index is -0.760. The van der Waals surface area contributed by atoms with Crippen molar-refractivity contribution in [1.29, 1.82) is 0 Å². The van der Waals surface area contributed by atoms with Crippen LogP contribution in [0.25, 0.3) is 22.3 Å². The van der Waals surface area contributed by atoms with E-state index in [2.05, 4.69) is 53.2 Å². The number of piperidine rings is 2. The lowest BCUT2D eigenvalue weighted by atomic mass is 9.81. The molecule has 2 aliphatic carbocycles. The SMILES string of the molecule is CC1(Oc2ccc3n[nH]c(-c4cc(N5CCC(OC6CC(CN7CCN(c8ccc9c(c8F)CN(C8CCC(=O)NC8=O)C9=O)CC7)C6)CC5)ncn4)c3c2)CC1. The number of rotatable bonds is 10. The molecule has 1 unspecified atom stereocenters. The van der Waals surface area contributed by atoms with Gasteiger partial charge >= 0.3 is 0 Å². The first-order chi connectivity index (χ1) is 27.7. The maximum Gasteiger partial charge on any atom is 0.255 e. The molecular formula is C42H48FN9O5. The normalized spacial score (nSPS) is 25.1. The number of nitrogens with one attached hydrogen (secondary N) is 2. The van der Waals surface area contributed by atoms with Gasteiger partial charge in [-0.25, -0.2) is 14.4 Å². The maximum atomic E-state index is 15.9. The van der Waals surface area contributed by atoms with E-state index in [1.807, 2.05) is 18.2 Å². The predicted octanol–water partition coefficient (Wildman–Crippen LogP) is 4.44. The zero-order valence-corrected chi connectivity index (χ0v) is 32.2. The molecule has 1 atom stereocenters. The van der Waals surface area contributed by atoms with Crippen molar-refractivity contribution in [3.63, 3.8) is 0 Å². The number of hydrogen-bond donors (Lipinski definition) is 2. The van der Waals surface area contributed by atoms with E-state index in [4.69, 9.17) is 9.47 Å². The third kappa shape index (κ3) is 7.09. The van der Waals surface area contributed by atoms with Crippen LogP contribution in [0.3, 0.4) is 0 Å². The summed E-state index contributed by atoms with van der Waals surface area (Å²) in [6.45, 7) is 8.04. The molecule has 4 aromatic rings. The third-order valence-corrected chi connectivity index (χ3v) is 13.0. The first-order valence-electron chi connectivity index (χ1n) is 20.5. The first-order valence-corrected chi connectivity index (χ1v) is 20.5. The molecule has 6 heterocycles. The molecular weight excluding hydrogens is 730 g/mol. The molecule has 2 saturated carbocycles. The van der Waals surface area contributed by atoms with Crippen LogP contribution in [-0.4, -0.2) is 117 Å². The largest absolute Gasteiger partial charge is 0.488 e. The quantitative estimate of drug-likeness (QED) is 0.220. The van der Waals surface area contributed by atoms with Gasteiger partial charge < -0.3 is 24.2 Å². The summed E-state index contributed by atoms with van der Waals surface area (Å²) in [5, 5.41) is 11.0. The van der Waals surface area contributed by atoms with Crippen molar-refractivity contribution in [3.05, 3.63) is 59.7 Å². The van der Waals surface area contributed by atoms with Gasteiger partial charge in [-0.15, -0.1) is 0 Å². The number of amides is 3. The fourth-order valence-corrected chi connectivity index (χ4v) is 9.27. The lowest BCUT2D eigenvalue weighted by Gasteiger charge is -2.43. The Bertz CT molecular complexity index is 2220. The van der Waals surface area contributed by atoms with Gasteiger partial charge in [0.2, 0.25) is 11.8 Å². The summed E-state index contributed by atoms with van der Waals surface area (Å²) >= 11 is 0. The second-order valence-corrected chi connectivity index (χ2v) is 17.0. The first kappa shape index (κ1) is 36.2. The summed E-state index contributed by atoms with van der Waals surface area (Å²) in [5.74, 6) is 0.780. The summed E-state index contributed by atoms with van der Waals surface area (Å²) in [4.78, 5) is 54.6. The number of H-pyrrole nitrogens is 1. The highest BCUT2D eigenvalue weighted by Gasteiger charge is 2.42. The lowest BCUT2D eigenvalue weighted by Crippen LogP contribution is -2.52. The van der Waals surface area contributed by atoms with E-state index in [0.717, 1.165) is 105 Å². The molecule has 3 saturated heterocycles. The Morgan fingerprint density at radius 2 is 1.72 bits per heavy atom. The number of carbonyl (C=O) groups is 3. The van der Waals surface area contributed by atoms with Crippen LogP contribution in [-0.2, 0) is 20.9 Å². The van der Waals surface area contributed by atoms with Gasteiger partial charge in [-0.2, -0.15) is 5.10 Å². The maximum absolute atomic E-state index is 15.9. The van der Waals surface area contributed by atoms with Crippen molar-refractivity contribution in [2.45, 2.75) is 88.7 Å². The molecule has 2 N–H and O–H groups in total. The number of piperazine rings is 1. The van der Waals surface area contributed by atoms with Crippen LogP contribution in [0.4, 0.5) is 15.9 Å². The number of fused-ring (bicyclic) bond motifs is 2. The van der Waals surface area contributed by atoms with Crippen molar-refractivity contribution in [2.75, 3.05) is 55.6 Å². The Kier molecular flexibility index (Phi) is 9.11. The van der Waals surface area contributed by atoms with Crippen LogP contribution in [0.5, 0.6) is 5.75 Å². The van der Waals surface area contributed by atoms with Gasteiger partial charge in [0.05, 0.1) is 41.3 Å². The molecule has 298 valence electrons. The van der Waals surface area contributed by atoms with E-state index in [9.17, 15) is 14.4 Å². The number of benzene rings is 2. The molecule has 2 aromatic carbocycles. The second-order valence-electron chi connectivity index (χ2n) is 17.0. The second kappa shape index (κ2) is 14.3. The number of nitrogens with zero attached hydrogens (tertiary/aromatic N) is 7. The highest BCUT2D eigenvalue weighted by molar-refractivity contribution is 6.05. The Morgan fingerprint density at radius 1 is 0.912 bits per heavy atom. The topological polar surface area (TPSA) is 149 Å². The molecule has 10 rings (SSSR count). The average molecular weight is 778 g/mol. The number of aromatic amines is 1. The van der Waals surface area contributed by atoms with Gasteiger partial charge in [-0.05, 0) is 88.1 Å². The highest BCUT2D eigenvalue weighted by Crippen LogP contribution is 2.41. The summed E-state index contributed by atoms with van der Waals surface area (Å²) in [6, 6.07) is 10.7. The van der Waals surface area contributed by atoms with Crippen molar-refractivity contribution in [1.82, 2.24) is 35.3 Å². The Hall–Kier alpha value is -5.15. The van der Waals surface area contributed by atoms with Gasteiger partial charge in [0.25, 0.3) is 5.91 Å². The molecule has 15 heteroatoms. The van der Waals surface area contributed by atoms with Crippen LogP contribution in [0.2, 0.25) is 0 Å². The molecule has 0 spiro atoms. The fourth-order valence-electron chi connectivity index (χ4n) is 9.27. The third-order valence-electron chi connectivity index (χ3n) is 13.0. The number of halogens is 1. The fraction of sp³-hybridized carbons (Fsp3) is 0.524. The van der Waals surface area contributed by atoms with E-state index < -0.39 is 11.9 Å². The number of hydrogen-bond acceptors (Lipinski definition) is 11. The van der Waals surface area contributed by atoms with Gasteiger partial charge in [0.15, 0.2) is 5.82 Å². The standard InChI is InChI=1S/C42H48FN9O5/c1-42(10-11-42)57-27-2-4-32-30(20-27)39(48-47-32)33-21-36(45-24-44-33)51-12-8-26(9-13-51)56-28-18-25(19-28)22-49-14-16-50(17-15-49)34-5-3-29-31(38(34)43)23-52(41(29)55)35-6-7-37(53)46-40(35)54/h2-5,20-21,24-26,28,35H,6-19,22-23H2,1H3,(H,47,48)(H,46,53,54). The van der Waals surface area contributed by atoms with E-state index in [1.54, 1.807) is 18.5 Å². The predicted molar refractivity (Wildman–Crippen MR) is 209 cm³/mol. The number of imide groups is 1. The van der Waals surface area contributed by atoms with Crippen molar-refractivity contribution in [2.24, 2.45) is 5.92 Å². The number of ether oxygens (including phenoxy) is 2. The number of aromatic nitrogens is 4. The molecule has 3 amide bonds. The van der Waals surface area contributed by atoms with Crippen molar-refractivity contribution < 1.29 is 28.2 Å². The summed E-state index contributed by atoms with van der Waals surface area (Å²) in [5.41, 5.74) is 3.64. The minimum Gasteiger partial charge on any atom is -0.488 e. The monoisotopic (exact) mass is 777 g/mol. The molecule has 0 radical (unpaired) electrons. The van der Waals surface area contributed by atoms with Crippen LogP contribution in [0.15, 0.2) is 42.7 Å². The Labute approximate surface area is 330 Å². The van der Waals surface area contributed by atoms with Crippen LogP contribution in [0.1, 0.15) is 74.2 Å². The van der Waals surface area contributed by atoms with E-state index in [-0.39, 0.29) is 48.7 Å². The molecule has 0 bridgehead atoms. The summed E-state index contributed by atoms with van der Waals surface area (Å²) in [6.07, 6.45) is 8.80. The molecule has 14 nitrogen and oxygen atoms in total. The Balaban J connectivity index is 0.671. The lowest BCUT2D eigenvalue weighted by molar-refractivity contribution is -0.136. The van der Waals surface area contributed by atoms with Gasteiger partial charge in [-0.3, -0.25) is 29.7 Å². The van der Waals surface area contributed by atoms with Crippen LogP contribution < -0.4 is 19.9 Å². The Morgan fingerprint density at radius 3 is 2.49 bits per heavy atom. The van der Waals surface area contributed by atoms with Crippen LogP contribution in [0, 0.1) is 11.7 Å². The molecule has 2 aromatic heterocycles. The van der Waals surface area contributed by atoms with Crippen LogP contribution >= 0.6 is 0 Å². The summed E-state index contributed by atoms with van der Waals surface area (Å²) in [7, 11) is 0. The number of carbonyl (C=O) groups excluding carboxylic acids is 3. The summed E-state index contributed by atoms with van der Waals surface area (Å²) < 4.78 is 28.7. The zero-order chi connectivity index (χ0) is 38.8. The van der Waals surface area contributed by atoms with Crippen molar-refractivity contribution >= 4 is 40.1 Å². The highest BCUT2D eigenvalue weighted by atomic mass is 19.1. The molecule has 57 heavy (non-hydrogen) atoms. The van der Waals surface area contributed by atoms with Crippen molar-refractivity contribution in [3.8, 4) is 17.1 Å². The molecule has 6 aliphatic rings. The van der Waals surface area contributed by atoms with E-state index >= 15 is 4.39 Å². The van der Waals surface area contributed by atoms with Gasteiger partial charge in [0.1, 0.15) is 29.5 Å². The van der Waals surface area contributed by atoms with E-state index in [1.165, 1.54) is 4.90 Å². The zero-order valence-electron chi connectivity index (χ0n) is 32.2. The van der Waals surface area contributed by atoms with Gasteiger partial charge in [-0.1, -0.05) is 0 Å². The smallest absolute Gasteiger partial charge is 0.255 e. The van der Waals surface area contributed by atoms with E-state index in [0.29, 0.717) is 41.9 Å². The molecule has 4 aliphatic heterocycles. The van der Waals surface area contributed by atoms with Gasteiger partial charge in [0, 0.05) is 74.8 Å².